The topological polar surface area (TPSA) is 58.8 Å². The van der Waals surface area contributed by atoms with E-state index in [1.54, 1.807) is 6.26 Å². The third kappa shape index (κ3) is 5.42. The second kappa shape index (κ2) is 8.08. The van der Waals surface area contributed by atoms with E-state index >= 15 is 0 Å². The molecule has 0 spiro atoms. The fourth-order valence-corrected chi connectivity index (χ4v) is 2.30. The van der Waals surface area contributed by atoms with Crippen molar-refractivity contribution in [1.82, 2.24) is 10.6 Å². The second-order valence-electron chi connectivity index (χ2n) is 5.58. The highest BCUT2D eigenvalue weighted by Crippen LogP contribution is 2.48. The molecule has 1 aromatic heterocycles. The molecule has 0 aliphatic heterocycles. The second-order valence-corrected chi connectivity index (χ2v) is 5.58. The minimum absolute atomic E-state index is 0.413. The normalized spacial score (nSPS) is 16.8. The SMILES string of the molecule is CCNC(=NCc1ccco1)NCC1(CCOCC)CC1. The van der Waals surface area contributed by atoms with Crippen LogP contribution >= 0.6 is 0 Å². The van der Waals surface area contributed by atoms with E-state index in [9.17, 15) is 0 Å². The van der Waals surface area contributed by atoms with Crippen molar-refractivity contribution in [3.05, 3.63) is 24.2 Å². The van der Waals surface area contributed by atoms with Crippen LogP contribution in [0.2, 0.25) is 0 Å². The Kier molecular flexibility index (Phi) is 6.11. The molecule has 21 heavy (non-hydrogen) atoms. The van der Waals surface area contributed by atoms with Crippen molar-refractivity contribution in [3.63, 3.8) is 0 Å². The van der Waals surface area contributed by atoms with Crippen LogP contribution in [0.25, 0.3) is 0 Å². The van der Waals surface area contributed by atoms with Gasteiger partial charge in [0.25, 0.3) is 0 Å². The zero-order chi connectivity index (χ0) is 15.0. The minimum Gasteiger partial charge on any atom is -0.467 e. The molecule has 0 amide bonds. The predicted molar refractivity (Wildman–Crippen MR) is 84.3 cm³/mol. The highest BCUT2D eigenvalue weighted by molar-refractivity contribution is 5.79. The molecule has 0 unspecified atom stereocenters. The Labute approximate surface area is 127 Å². The van der Waals surface area contributed by atoms with Crippen LogP contribution in [0.4, 0.5) is 0 Å². The van der Waals surface area contributed by atoms with Gasteiger partial charge in [0.15, 0.2) is 5.96 Å². The summed E-state index contributed by atoms with van der Waals surface area (Å²) in [5.74, 6) is 1.74. The number of nitrogens with one attached hydrogen (secondary N) is 2. The van der Waals surface area contributed by atoms with Crippen LogP contribution in [-0.2, 0) is 11.3 Å². The minimum atomic E-state index is 0.413. The molecule has 2 N–H and O–H groups in total. The van der Waals surface area contributed by atoms with Crippen molar-refractivity contribution in [2.75, 3.05) is 26.3 Å². The fraction of sp³-hybridized carbons (Fsp3) is 0.688. The van der Waals surface area contributed by atoms with Crippen LogP contribution < -0.4 is 10.6 Å². The van der Waals surface area contributed by atoms with Crippen molar-refractivity contribution < 1.29 is 9.15 Å². The first-order valence-corrected chi connectivity index (χ1v) is 7.90. The van der Waals surface area contributed by atoms with E-state index in [-0.39, 0.29) is 0 Å². The van der Waals surface area contributed by atoms with Gasteiger partial charge in [-0.1, -0.05) is 0 Å². The standard InChI is InChI=1S/C16H27N3O2/c1-3-17-15(18-12-14-6-5-10-21-14)19-13-16(7-8-16)9-11-20-4-2/h5-6,10H,3-4,7-9,11-13H2,1-2H3,(H2,17,18,19). The Morgan fingerprint density at radius 1 is 1.38 bits per heavy atom. The van der Waals surface area contributed by atoms with Gasteiger partial charge in [0.2, 0.25) is 0 Å². The third-order valence-electron chi connectivity index (χ3n) is 3.89. The molecule has 0 aromatic carbocycles. The molecule has 1 aromatic rings. The molecule has 1 heterocycles. The molecule has 1 aliphatic carbocycles. The van der Waals surface area contributed by atoms with Crippen molar-refractivity contribution >= 4 is 5.96 Å². The summed E-state index contributed by atoms with van der Waals surface area (Å²) in [6, 6.07) is 3.83. The van der Waals surface area contributed by atoms with Gasteiger partial charge >= 0.3 is 0 Å². The monoisotopic (exact) mass is 293 g/mol. The predicted octanol–water partition coefficient (Wildman–Crippen LogP) is 2.54. The van der Waals surface area contributed by atoms with Crippen molar-refractivity contribution in [2.45, 2.75) is 39.7 Å². The highest BCUT2D eigenvalue weighted by Gasteiger charge is 2.41. The third-order valence-corrected chi connectivity index (χ3v) is 3.89. The number of nitrogens with zero attached hydrogens (tertiary/aromatic N) is 1. The zero-order valence-corrected chi connectivity index (χ0v) is 13.2. The van der Waals surface area contributed by atoms with Crippen molar-refractivity contribution in [1.29, 1.82) is 0 Å². The van der Waals surface area contributed by atoms with Gasteiger partial charge in [-0.05, 0) is 50.7 Å². The molecular weight excluding hydrogens is 266 g/mol. The maximum Gasteiger partial charge on any atom is 0.191 e. The van der Waals surface area contributed by atoms with E-state index in [0.717, 1.165) is 44.4 Å². The lowest BCUT2D eigenvalue weighted by molar-refractivity contribution is 0.128. The van der Waals surface area contributed by atoms with Gasteiger partial charge in [-0.3, -0.25) is 0 Å². The van der Waals surface area contributed by atoms with E-state index < -0.39 is 0 Å². The lowest BCUT2D eigenvalue weighted by atomic mass is 10.0. The number of rotatable bonds is 9. The van der Waals surface area contributed by atoms with Gasteiger partial charge in [0.05, 0.1) is 6.26 Å². The van der Waals surface area contributed by atoms with Gasteiger partial charge in [-0.25, -0.2) is 4.99 Å². The van der Waals surface area contributed by atoms with Gasteiger partial charge in [0, 0.05) is 26.3 Å². The van der Waals surface area contributed by atoms with E-state index in [1.165, 1.54) is 12.8 Å². The van der Waals surface area contributed by atoms with E-state index in [0.29, 0.717) is 12.0 Å². The number of hydrogen-bond acceptors (Lipinski definition) is 3. The van der Waals surface area contributed by atoms with Gasteiger partial charge in [-0.15, -0.1) is 0 Å². The maximum absolute atomic E-state index is 5.47. The van der Waals surface area contributed by atoms with E-state index in [2.05, 4.69) is 22.5 Å². The largest absolute Gasteiger partial charge is 0.467 e. The smallest absolute Gasteiger partial charge is 0.191 e. The highest BCUT2D eigenvalue weighted by atomic mass is 16.5. The van der Waals surface area contributed by atoms with E-state index in [4.69, 9.17) is 9.15 Å². The molecule has 0 saturated heterocycles. The number of guanidine groups is 1. The molecule has 5 heteroatoms. The van der Waals surface area contributed by atoms with Gasteiger partial charge in [0.1, 0.15) is 12.3 Å². The van der Waals surface area contributed by atoms with Crippen molar-refractivity contribution in [2.24, 2.45) is 10.4 Å². The molecule has 1 aliphatic rings. The van der Waals surface area contributed by atoms with Crippen LogP contribution in [0.5, 0.6) is 0 Å². The fourth-order valence-electron chi connectivity index (χ4n) is 2.30. The summed E-state index contributed by atoms with van der Waals surface area (Å²) in [5.41, 5.74) is 0.413. The van der Waals surface area contributed by atoms with E-state index in [1.807, 2.05) is 19.1 Å². The Morgan fingerprint density at radius 3 is 2.86 bits per heavy atom. The molecule has 0 bridgehead atoms. The maximum atomic E-state index is 5.47. The number of aliphatic imine (C=N–C) groups is 1. The first-order chi connectivity index (χ1) is 10.3. The average Bonchev–Trinajstić information content (AvgIpc) is 3.06. The summed E-state index contributed by atoms with van der Waals surface area (Å²) in [6.45, 7) is 8.16. The van der Waals surface area contributed by atoms with Crippen LogP contribution in [0, 0.1) is 5.41 Å². The Bertz CT molecular complexity index is 425. The van der Waals surface area contributed by atoms with Crippen LogP contribution in [0.15, 0.2) is 27.8 Å². The summed E-state index contributed by atoms with van der Waals surface area (Å²) in [7, 11) is 0. The van der Waals surface area contributed by atoms with Crippen LogP contribution in [-0.4, -0.2) is 32.3 Å². The molecule has 1 saturated carbocycles. The molecule has 2 rings (SSSR count). The summed E-state index contributed by atoms with van der Waals surface area (Å²) >= 11 is 0. The lowest BCUT2D eigenvalue weighted by Gasteiger charge is -2.18. The number of furan rings is 1. The lowest BCUT2D eigenvalue weighted by Crippen LogP contribution is -2.40. The molecule has 0 radical (unpaired) electrons. The summed E-state index contributed by atoms with van der Waals surface area (Å²) in [5, 5.41) is 6.73. The summed E-state index contributed by atoms with van der Waals surface area (Å²) in [4.78, 5) is 4.55. The van der Waals surface area contributed by atoms with Gasteiger partial charge in [-0.2, -0.15) is 0 Å². The summed E-state index contributed by atoms with van der Waals surface area (Å²) in [6.07, 6.45) is 5.37. The number of hydrogen-bond donors (Lipinski definition) is 2. The first-order valence-electron chi connectivity index (χ1n) is 7.90. The molecule has 0 atom stereocenters. The molecule has 5 nitrogen and oxygen atoms in total. The quantitative estimate of drug-likeness (QED) is 0.417. The molecular formula is C16H27N3O2. The molecule has 1 fully saturated rings. The average molecular weight is 293 g/mol. The number of ether oxygens (including phenoxy) is 1. The molecule has 118 valence electrons. The van der Waals surface area contributed by atoms with Crippen LogP contribution in [0.3, 0.4) is 0 Å². The first kappa shape index (κ1) is 15.9. The Morgan fingerprint density at radius 2 is 2.24 bits per heavy atom. The van der Waals surface area contributed by atoms with Gasteiger partial charge < -0.3 is 19.8 Å². The Balaban J connectivity index is 1.78. The van der Waals surface area contributed by atoms with Crippen molar-refractivity contribution in [3.8, 4) is 0 Å². The van der Waals surface area contributed by atoms with Crippen LogP contribution in [0.1, 0.15) is 38.9 Å². The Hall–Kier alpha value is -1.49. The zero-order valence-electron chi connectivity index (χ0n) is 13.2. The summed E-state index contributed by atoms with van der Waals surface area (Å²) < 4.78 is 10.8.